The van der Waals surface area contributed by atoms with Crippen LogP contribution < -0.4 is 5.43 Å². The Morgan fingerprint density at radius 2 is 2.00 bits per heavy atom. The van der Waals surface area contributed by atoms with Gasteiger partial charge in [0, 0.05) is 24.5 Å². The van der Waals surface area contributed by atoms with Crippen LogP contribution in [0.3, 0.4) is 0 Å². The number of nitrogens with zero attached hydrogens (tertiary/aromatic N) is 3. The Morgan fingerprint density at radius 3 is 2.70 bits per heavy atom. The first-order chi connectivity index (χ1) is 14.4. The van der Waals surface area contributed by atoms with Gasteiger partial charge in [-0.2, -0.15) is 5.10 Å². The third-order valence-electron chi connectivity index (χ3n) is 5.97. The van der Waals surface area contributed by atoms with Crippen molar-refractivity contribution < 1.29 is 9.90 Å². The van der Waals surface area contributed by atoms with Crippen molar-refractivity contribution in [1.29, 1.82) is 0 Å². The highest BCUT2D eigenvalue weighted by atomic mass is 35.5. The van der Waals surface area contributed by atoms with Gasteiger partial charge in [0.25, 0.3) is 5.91 Å². The summed E-state index contributed by atoms with van der Waals surface area (Å²) >= 11 is 6.27. The minimum absolute atomic E-state index is 0.0930. The molecule has 30 heavy (non-hydrogen) atoms. The lowest BCUT2D eigenvalue weighted by Gasteiger charge is -2.38. The summed E-state index contributed by atoms with van der Waals surface area (Å²) in [6, 6.07) is 5.46. The molecule has 7 heteroatoms. The van der Waals surface area contributed by atoms with Crippen LogP contribution >= 0.6 is 11.6 Å². The van der Waals surface area contributed by atoms with Crippen LogP contribution in [0.25, 0.3) is 0 Å². The second kappa shape index (κ2) is 7.61. The highest BCUT2D eigenvalue weighted by Crippen LogP contribution is 2.45. The minimum Gasteiger partial charge on any atom is -0.502 e. The maximum atomic E-state index is 12.7. The van der Waals surface area contributed by atoms with Crippen LogP contribution in [0.1, 0.15) is 40.0 Å². The molecule has 0 saturated heterocycles. The van der Waals surface area contributed by atoms with Crippen molar-refractivity contribution in [2.75, 3.05) is 13.6 Å². The van der Waals surface area contributed by atoms with Gasteiger partial charge in [-0.1, -0.05) is 43.0 Å². The van der Waals surface area contributed by atoms with E-state index in [1.807, 2.05) is 30.4 Å². The smallest absolute Gasteiger partial charge is 0.275 e. The summed E-state index contributed by atoms with van der Waals surface area (Å²) in [6.07, 6.45) is 6.29. The lowest BCUT2D eigenvalue weighted by Crippen LogP contribution is -2.45. The molecule has 2 atom stereocenters. The van der Waals surface area contributed by atoms with E-state index < -0.39 is 17.1 Å². The molecule has 1 aromatic carbocycles. The number of fused-ring (bicyclic) bond motifs is 2. The number of rotatable bonds is 3. The molecule has 0 saturated carbocycles. The third kappa shape index (κ3) is 3.08. The predicted molar refractivity (Wildman–Crippen MR) is 116 cm³/mol. The predicted octanol–water partition coefficient (Wildman–Crippen LogP) is 3.63. The van der Waals surface area contributed by atoms with Gasteiger partial charge in [-0.05, 0) is 47.2 Å². The second-order valence-electron chi connectivity index (χ2n) is 7.61. The van der Waals surface area contributed by atoms with Crippen LogP contribution in [0, 0.1) is 0 Å². The van der Waals surface area contributed by atoms with Gasteiger partial charge in [0.2, 0.25) is 5.43 Å². The standard InChI is InChI=1S/C23H22ClN3O3/c1-4-13-6-7-14-10-15(24)8-9-17(14)20(16(13)5-2)18-12-26(3)23(30)21-22(29)19(28)11-25-27(18)21/h4-5,8-11,18,20,29H,1-2,6-7,12H2,3H3. The fourth-order valence-corrected chi connectivity index (χ4v) is 4.74. The molecule has 0 radical (unpaired) electrons. The van der Waals surface area contributed by atoms with Crippen LogP contribution in [-0.4, -0.2) is 39.3 Å². The van der Waals surface area contributed by atoms with Crippen molar-refractivity contribution >= 4 is 17.5 Å². The van der Waals surface area contributed by atoms with Gasteiger partial charge in [0.15, 0.2) is 11.4 Å². The van der Waals surface area contributed by atoms with Gasteiger partial charge in [-0.3, -0.25) is 14.3 Å². The zero-order valence-corrected chi connectivity index (χ0v) is 17.4. The largest absolute Gasteiger partial charge is 0.502 e. The molecule has 2 unspecified atom stereocenters. The molecule has 6 nitrogen and oxygen atoms in total. The average Bonchev–Trinajstić information content (AvgIpc) is 2.88. The van der Waals surface area contributed by atoms with E-state index in [4.69, 9.17) is 11.6 Å². The molecule has 2 aliphatic rings. The molecular formula is C23H22ClN3O3. The monoisotopic (exact) mass is 423 g/mol. The number of hydrogen-bond donors (Lipinski definition) is 1. The average molecular weight is 424 g/mol. The van der Waals surface area contributed by atoms with E-state index in [2.05, 4.69) is 18.3 Å². The number of benzene rings is 1. The topological polar surface area (TPSA) is 75.4 Å². The van der Waals surface area contributed by atoms with Crippen LogP contribution in [0.4, 0.5) is 0 Å². The molecule has 0 fully saturated rings. The van der Waals surface area contributed by atoms with Gasteiger partial charge < -0.3 is 10.0 Å². The van der Waals surface area contributed by atoms with Gasteiger partial charge in [0.05, 0.1) is 12.2 Å². The number of halogens is 1. The van der Waals surface area contributed by atoms with Crippen molar-refractivity contribution in [3.05, 3.63) is 92.9 Å². The Balaban J connectivity index is 2.02. The molecule has 2 heterocycles. The second-order valence-corrected chi connectivity index (χ2v) is 8.05. The normalized spacial score (nSPS) is 21.0. The van der Waals surface area contributed by atoms with E-state index in [9.17, 15) is 14.7 Å². The van der Waals surface area contributed by atoms with Gasteiger partial charge in [-0.15, -0.1) is 0 Å². The number of carbonyl (C=O) groups is 1. The summed E-state index contributed by atoms with van der Waals surface area (Å²) in [6.45, 7) is 8.38. The number of aromatic hydroxyl groups is 1. The first-order valence-electron chi connectivity index (χ1n) is 9.69. The summed E-state index contributed by atoms with van der Waals surface area (Å²) in [5, 5.41) is 15.3. The van der Waals surface area contributed by atoms with E-state index in [-0.39, 0.29) is 17.7 Å². The number of amides is 1. The molecule has 0 spiro atoms. The molecule has 1 amide bonds. The lowest BCUT2D eigenvalue weighted by atomic mass is 9.81. The number of allylic oxidation sites excluding steroid dienone is 4. The SMILES string of the molecule is C=CC1=C(C=C)C(C2CN(C)C(=O)c3c(O)c(=O)cnn32)c2ccc(Cl)cc2CC1. The zero-order valence-electron chi connectivity index (χ0n) is 16.6. The highest BCUT2D eigenvalue weighted by molar-refractivity contribution is 6.30. The van der Waals surface area contributed by atoms with E-state index in [1.54, 1.807) is 7.05 Å². The fraction of sp³-hybridized carbons (Fsp3) is 0.261. The van der Waals surface area contributed by atoms with Crippen molar-refractivity contribution in [2.24, 2.45) is 0 Å². The van der Waals surface area contributed by atoms with Crippen LogP contribution in [0.15, 0.2) is 65.6 Å². The molecule has 1 aliphatic carbocycles. The Labute approximate surface area is 179 Å². The first-order valence-corrected chi connectivity index (χ1v) is 10.1. The summed E-state index contributed by atoms with van der Waals surface area (Å²) in [5.41, 5.74) is 3.45. The zero-order chi connectivity index (χ0) is 21.6. The molecule has 1 aromatic heterocycles. The molecular weight excluding hydrogens is 402 g/mol. The van der Waals surface area contributed by atoms with Crippen molar-refractivity contribution in [3.8, 4) is 5.75 Å². The Hall–Kier alpha value is -3.12. The molecule has 1 N–H and O–H groups in total. The minimum atomic E-state index is -0.678. The molecule has 154 valence electrons. The number of likely N-dealkylation sites (N-methyl/N-ethyl adjacent to an activating group) is 1. The highest BCUT2D eigenvalue weighted by Gasteiger charge is 2.40. The molecule has 2 aromatic rings. The maximum Gasteiger partial charge on any atom is 0.275 e. The number of aryl methyl sites for hydroxylation is 1. The van der Waals surface area contributed by atoms with Crippen molar-refractivity contribution in [1.82, 2.24) is 14.7 Å². The molecule has 1 aliphatic heterocycles. The maximum absolute atomic E-state index is 12.7. The number of aromatic nitrogens is 2. The summed E-state index contributed by atoms with van der Waals surface area (Å²) in [5.74, 6) is -1.23. The van der Waals surface area contributed by atoms with E-state index in [0.29, 0.717) is 11.6 Å². The van der Waals surface area contributed by atoms with Crippen LogP contribution in [-0.2, 0) is 6.42 Å². The van der Waals surface area contributed by atoms with Crippen LogP contribution in [0.5, 0.6) is 5.75 Å². The van der Waals surface area contributed by atoms with Crippen LogP contribution in [0.2, 0.25) is 5.02 Å². The van der Waals surface area contributed by atoms with Gasteiger partial charge in [-0.25, -0.2) is 0 Å². The number of carbonyl (C=O) groups excluding carboxylic acids is 1. The number of hydrogen-bond acceptors (Lipinski definition) is 4. The summed E-state index contributed by atoms with van der Waals surface area (Å²) in [4.78, 5) is 26.2. The molecule has 0 bridgehead atoms. The summed E-state index contributed by atoms with van der Waals surface area (Å²) in [7, 11) is 1.65. The summed E-state index contributed by atoms with van der Waals surface area (Å²) < 4.78 is 1.48. The Morgan fingerprint density at radius 1 is 1.23 bits per heavy atom. The van der Waals surface area contributed by atoms with Crippen molar-refractivity contribution in [2.45, 2.75) is 24.8 Å². The van der Waals surface area contributed by atoms with E-state index in [1.165, 1.54) is 9.58 Å². The van der Waals surface area contributed by atoms with E-state index >= 15 is 0 Å². The van der Waals surface area contributed by atoms with Gasteiger partial charge in [0.1, 0.15) is 0 Å². The van der Waals surface area contributed by atoms with Crippen molar-refractivity contribution in [3.63, 3.8) is 0 Å². The quantitative estimate of drug-likeness (QED) is 0.818. The van der Waals surface area contributed by atoms with E-state index in [0.717, 1.165) is 41.3 Å². The third-order valence-corrected chi connectivity index (χ3v) is 6.21. The molecule has 4 rings (SSSR count). The fourth-order valence-electron chi connectivity index (χ4n) is 4.55. The first kappa shape index (κ1) is 20.2. The Bertz CT molecular complexity index is 1160. The lowest BCUT2D eigenvalue weighted by molar-refractivity contribution is 0.0686. The Kier molecular flexibility index (Phi) is 5.12. The van der Waals surface area contributed by atoms with Gasteiger partial charge >= 0.3 is 0 Å².